The molecule has 1 fully saturated rings. The molecule has 1 aliphatic rings. The first-order chi connectivity index (χ1) is 9.43. The molecule has 0 radical (unpaired) electrons. The number of hydrogen-bond donors (Lipinski definition) is 1. The lowest BCUT2D eigenvalue weighted by Crippen LogP contribution is -2.27. The number of rotatable bonds is 3. The molecule has 1 heterocycles. The van der Waals surface area contributed by atoms with Gasteiger partial charge in [-0.1, -0.05) is 17.7 Å². The SMILES string of the molecule is C=CCN1C(=O)S/C(=C/c2cc(Cl)c(O)c(Br)c2)C1=O. The Labute approximate surface area is 133 Å². The maximum atomic E-state index is 12.0. The molecule has 1 aromatic rings. The van der Waals surface area contributed by atoms with Crippen molar-refractivity contribution in [2.24, 2.45) is 0 Å². The number of hydrogen-bond acceptors (Lipinski definition) is 4. The van der Waals surface area contributed by atoms with Crippen LogP contribution in [0.4, 0.5) is 4.79 Å². The lowest BCUT2D eigenvalue weighted by molar-refractivity contribution is -0.122. The Kier molecular flexibility index (Phi) is 4.57. The predicted octanol–water partition coefficient (Wildman–Crippen LogP) is 4.03. The molecular weight excluding hydrogens is 366 g/mol. The maximum absolute atomic E-state index is 12.0. The van der Waals surface area contributed by atoms with Gasteiger partial charge in [0, 0.05) is 6.54 Å². The van der Waals surface area contributed by atoms with Crippen LogP contribution in [0.2, 0.25) is 5.02 Å². The summed E-state index contributed by atoms with van der Waals surface area (Å²) in [6.07, 6.45) is 3.05. The van der Waals surface area contributed by atoms with Crippen molar-refractivity contribution in [3.05, 3.63) is 44.8 Å². The first-order valence-electron chi connectivity index (χ1n) is 5.48. The van der Waals surface area contributed by atoms with E-state index in [4.69, 9.17) is 11.6 Å². The smallest absolute Gasteiger partial charge is 0.293 e. The lowest BCUT2D eigenvalue weighted by atomic mass is 10.2. The summed E-state index contributed by atoms with van der Waals surface area (Å²) >= 11 is 9.88. The Morgan fingerprint density at radius 1 is 1.45 bits per heavy atom. The highest BCUT2D eigenvalue weighted by molar-refractivity contribution is 9.10. The molecule has 7 heteroatoms. The van der Waals surface area contributed by atoms with E-state index in [9.17, 15) is 14.7 Å². The summed E-state index contributed by atoms with van der Waals surface area (Å²) in [4.78, 5) is 25.1. The van der Waals surface area contributed by atoms with Crippen LogP contribution in [-0.4, -0.2) is 27.7 Å². The van der Waals surface area contributed by atoms with Gasteiger partial charge in [0.25, 0.3) is 11.1 Å². The summed E-state index contributed by atoms with van der Waals surface area (Å²) < 4.78 is 0.418. The fourth-order valence-electron chi connectivity index (χ4n) is 1.61. The predicted molar refractivity (Wildman–Crippen MR) is 83.7 cm³/mol. The van der Waals surface area contributed by atoms with Crippen LogP contribution in [0, 0.1) is 0 Å². The highest BCUT2D eigenvalue weighted by Crippen LogP contribution is 2.36. The topological polar surface area (TPSA) is 57.6 Å². The Morgan fingerprint density at radius 2 is 2.15 bits per heavy atom. The number of carbonyl (C=O) groups excluding carboxylic acids is 2. The molecule has 1 aliphatic heterocycles. The molecule has 0 bridgehead atoms. The minimum Gasteiger partial charge on any atom is -0.505 e. The van der Waals surface area contributed by atoms with Gasteiger partial charge in [0.15, 0.2) is 0 Å². The van der Waals surface area contributed by atoms with Gasteiger partial charge in [0.1, 0.15) is 5.75 Å². The van der Waals surface area contributed by atoms with Crippen LogP contribution in [0.15, 0.2) is 34.2 Å². The van der Waals surface area contributed by atoms with Crippen LogP contribution in [0.3, 0.4) is 0 Å². The van der Waals surface area contributed by atoms with Crippen molar-refractivity contribution in [3.8, 4) is 5.75 Å². The van der Waals surface area contributed by atoms with E-state index in [-0.39, 0.29) is 28.5 Å². The molecular formula is C13H9BrClNO3S. The van der Waals surface area contributed by atoms with Crippen molar-refractivity contribution in [3.63, 3.8) is 0 Å². The molecule has 0 aliphatic carbocycles. The fourth-order valence-corrected chi connectivity index (χ4v) is 3.27. The summed E-state index contributed by atoms with van der Waals surface area (Å²) in [5, 5.41) is 9.39. The van der Waals surface area contributed by atoms with Gasteiger partial charge in [-0.3, -0.25) is 14.5 Å². The Balaban J connectivity index is 2.35. The number of phenolic OH excluding ortho intramolecular Hbond substituents is 1. The minimum atomic E-state index is -0.361. The van der Waals surface area contributed by atoms with Gasteiger partial charge in [-0.05, 0) is 51.5 Å². The second-order valence-electron chi connectivity index (χ2n) is 3.91. The van der Waals surface area contributed by atoms with Crippen LogP contribution < -0.4 is 0 Å². The summed E-state index contributed by atoms with van der Waals surface area (Å²) in [5.74, 6) is -0.427. The molecule has 0 aromatic heterocycles. The van der Waals surface area contributed by atoms with Gasteiger partial charge in [0.2, 0.25) is 0 Å². The minimum absolute atomic E-state index is 0.0661. The normalized spacial score (nSPS) is 17.1. The van der Waals surface area contributed by atoms with Crippen LogP contribution in [-0.2, 0) is 4.79 Å². The van der Waals surface area contributed by atoms with Gasteiger partial charge < -0.3 is 5.11 Å². The second kappa shape index (κ2) is 6.03. The third-order valence-electron chi connectivity index (χ3n) is 2.52. The molecule has 1 aromatic carbocycles. The van der Waals surface area contributed by atoms with Crippen molar-refractivity contribution >= 4 is 56.5 Å². The van der Waals surface area contributed by atoms with Crippen molar-refractivity contribution < 1.29 is 14.7 Å². The molecule has 2 rings (SSSR count). The summed E-state index contributed by atoms with van der Waals surface area (Å²) in [6.45, 7) is 3.69. The van der Waals surface area contributed by atoms with E-state index in [1.54, 1.807) is 12.1 Å². The Morgan fingerprint density at radius 3 is 2.75 bits per heavy atom. The average molecular weight is 375 g/mol. The molecule has 0 saturated carbocycles. The van der Waals surface area contributed by atoms with E-state index in [0.29, 0.717) is 14.9 Å². The third-order valence-corrected chi connectivity index (χ3v) is 4.32. The summed E-state index contributed by atoms with van der Waals surface area (Å²) in [6, 6.07) is 3.13. The number of amides is 2. The molecule has 0 unspecified atom stereocenters. The standard InChI is InChI=1S/C13H9BrClNO3S/c1-2-3-16-12(18)10(20-13(16)19)6-7-4-8(14)11(17)9(15)5-7/h2,4-6,17H,1,3H2/b10-6+. The number of thioether (sulfide) groups is 1. The molecule has 0 spiro atoms. The highest BCUT2D eigenvalue weighted by Gasteiger charge is 2.34. The van der Waals surface area contributed by atoms with E-state index in [1.807, 2.05) is 0 Å². The van der Waals surface area contributed by atoms with Crippen LogP contribution in [0.1, 0.15) is 5.56 Å². The van der Waals surface area contributed by atoms with E-state index in [2.05, 4.69) is 22.5 Å². The average Bonchev–Trinajstić information content (AvgIpc) is 2.64. The van der Waals surface area contributed by atoms with E-state index in [0.717, 1.165) is 16.7 Å². The largest absolute Gasteiger partial charge is 0.505 e. The number of nitrogens with zero attached hydrogens (tertiary/aromatic N) is 1. The van der Waals surface area contributed by atoms with Crippen LogP contribution in [0.25, 0.3) is 6.08 Å². The number of halogens is 2. The first-order valence-corrected chi connectivity index (χ1v) is 7.47. The van der Waals surface area contributed by atoms with Crippen LogP contribution in [0.5, 0.6) is 5.75 Å². The monoisotopic (exact) mass is 373 g/mol. The van der Waals surface area contributed by atoms with Crippen molar-refractivity contribution in [2.45, 2.75) is 0 Å². The van der Waals surface area contributed by atoms with E-state index < -0.39 is 0 Å². The van der Waals surface area contributed by atoms with E-state index in [1.165, 1.54) is 12.1 Å². The Hall–Kier alpha value is -1.24. The summed E-state index contributed by atoms with van der Waals surface area (Å²) in [7, 11) is 0. The Bertz CT molecular complexity index is 621. The number of benzene rings is 1. The maximum Gasteiger partial charge on any atom is 0.293 e. The van der Waals surface area contributed by atoms with Crippen LogP contribution >= 0.6 is 39.3 Å². The lowest BCUT2D eigenvalue weighted by Gasteiger charge is -2.07. The van der Waals surface area contributed by atoms with Gasteiger partial charge in [0.05, 0.1) is 14.4 Å². The zero-order chi connectivity index (χ0) is 14.9. The van der Waals surface area contributed by atoms with Crippen molar-refractivity contribution in [1.29, 1.82) is 0 Å². The quantitative estimate of drug-likeness (QED) is 0.641. The van der Waals surface area contributed by atoms with Gasteiger partial charge >= 0.3 is 0 Å². The molecule has 4 nitrogen and oxygen atoms in total. The van der Waals surface area contributed by atoms with Gasteiger partial charge in [-0.25, -0.2) is 0 Å². The fraction of sp³-hybridized carbons (Fsp3) is 0.0769. The number of carbonyl (C=O) groups is 2. The zero-order valence-electron chi connectivity index (χ0n) is 10.1. The van der Waals surface area contributed by atoms with Gasteiger partial charge in [-0.15, -0.1) is 6.58 Å². The summed E-state index contributed by atoms with van der Waals surface area (Å²) in [5.41, 5.74) is 0.615. The van der Waals surface area contributed by atoms with Crippen molar-refractivity contribution in [1.82, 2.24) is 4.90 Å². The second-order valence-corrected chi connectivity index (χ2v) is 6.17. The van der Waals surface area contributed by atoms with E-state index >= 15 is 0 Å². The number of imide groups is 1. The molecule has 20 heavy (non-hydrogen) atoms. The molecule has 2 amide bonds. The molecule has 104 valence electrons. The molecule has 1 saturated heterocycles. The molecule has 1 N–H and O–H groups in total. The van der Waals surface area contributed by atoms with Gasteiger partial charge in [-0.2, -0.15) is 0 Å². The zero-order valence-corrected chi connectivity index (χ0v) is 13.3. The number of aromatic hydroxyl groups is 1. The number of phenols is 1. The molecule has 0 atom stereocenters. The first kappa shape index (κ1) is 15.2. The third kappa shape index (κ3) is 2.92. The van der Waals surface area contributed by atoms with Crippen molar-refractivity contribution in [2.75, 3.05) is 6.54 Å². The highest BCUT2D eigenvalue weighted by atomic mass is 79.9.